The molecule has 1 saturated heterocycles. The van der Waals surface area contributed by atoms with Gasteiger partial charge >= 0.3 is 17.9 Å². The van der Waals surface area contributed by atoms with E-state index < -0.39 is 23.5 Å². The average molecular weight is 494 g/mol. The van der Waals surface area contributed by atoms with E-state index in [2.05, 4.69) is 20.9 Å². The lowest BCUT2D eigenvalue weighted by Crippen LogP contribution is -2.44. The molecule has 0 aliphatic carbocycles. The topological polar surface area (TPSA) is 130 Å². The number of anilines is 3. The van der Waals surface area contributed by atoms with Gasteiger partial charge in [-0.15, -0.1) is 0 Å². The van der Waals surface area contributed by atoms with Gasteiger partial charge in [-0.25, -0.2) is 9.78 Å². The van der Waals surface area contributed by atoms with Gasteiger partial charge in [0.2, 0.25) is 5.91 Å². The largest absolute Gasteiger partial charge is 0.444 e. The van der Waals surface area contributed by atoms with Gasteiger partial charge in [-0.2, -0.15) is 0 Å². The standard InChI is InChI=1S/C26H31N5O5/c1-15-12-16(14-27-22(15)30-25(35)36-26(2,3)4)28-23(33)24(34)31-11-6-5-10-20(31)17-8-7-9-19-18(17)13-21(32)29-19/h7-9,12,14,20H,5-6,10-11,13H2,1-4H3,(H,28,33)(H,29,32)(H,27,30,35). The highest BCUT2D eigenvalue weighted by Gasteiger charge is 2.35. The van der Waals surface area contributed by atoms with Crippen molar-refractivity contribution < 1.29 is 23.9 Å². The number of carbonyl (C=O) groups excluding carboxylic acids is 4. The Balaban J connectivity index is 1.46. The summed E-state index contributed by atoms with van der Waals surface area (Å²) in [7, 11) is 0. The van der Waals surface area contributed by atoms with Gasteiger partial charge in [0, 0.05) is 12.2 Å². The second-order valence-corrected chi connectivity index (χ2v) is 10.1. The molecule has 0 bridgehead atoms. The highest BCUT2D eigenvalue weighted by atomic mass is 16.6. The number of pyridine rings is 1. The first kappa shape index (κ1) is 25.2. The van der Waals surface area contributed by atoms with E-state index in [0.717, 1.165) is 36.1 Å². The quantitative estimate of drug-likeness (QED) is 0.556. The van der Waals surface area contributed by atoms with E-state index in [1.807, 2.05) is 18.2 Å². The molecular formula is C26H31N5O5. The number of ether oxygens (including phenoxy) is 1. The zero-order valence-electron chi connectivity index (χ0n) is 20.9. The Hall–Kier alpha value is -3.95. The molecule has 4 amide bonds. The van der Waals surface area contributed by atoms with Gasteiger partial charge < -0.3 is 20.3 Å². The fraction of sp³-hybridized carbons (Fsp3) is 0.423. The molecule has 190 valence electrons. The van der Waals surface area contributed by atoms with Gasteiger partial charge in [0.05, 0.1) is 24.3 Å². The number of likely N-dealkylation sites (tertiary alicyclic amines) is 1. The van der Waals surface area contributed by atoms with Gasteiger partial charge in [-0.1, -0.05) is 12.1 Å². The van der Waals surface area contributed by atoms with Crippen LogP contribution in [0.2, 0.25) is 0 Å². The third-order valence-electron chi connectivity index (χ3n) is 6.10. The Morgan fingerprint density at radius 1 is 1.17 bits per heavy atom. The normalized spacial score (nSPS) is 17.2. The highest BCUT2D eigenvalue weighted by Crippen LogP contribution is 2.37. The number of nitrogens with one attached hydrogen (secondary N) is 3. The zero-order valence-corrected chi connectivity index (χ0v) is 20.9. The van der Waals surface area contributed by atoms with Gasteiger partial charge in [0.25, 0.3) is 0 Å². The molecule has 3 N–H and O–H groups in total. The van der Waals surface area contributed by atoms with Crippen molar-refractivity contribution in [1.82, 2.24) is 9.88 Å². The Morgan fingerprint density at radius 2 is 1.94 bits per heavy atom. The first-order valence-corrected chi connectivity index (χ1v) is 12.0. The number of benzene rings is 1. The summed E-state index contributed by atoms with van der Waals surface area (Å²) in [6.07, 6.45) is 3.45. The number of amides is 4. The number of rotatable bonds is 3. The first-order chi connectivity index (χ1) is 17.0. The van der Waals surface area contributed by atoms with Crippen molar-refractivity contribution in [2.24, 2.45) is 0 Å². The molecule has 36 heavy (non-hydrogen) atoms. The van der Waals surface area contributed by atoms with Crippen molar-refractivity contribution in [2.75, 3.05) is 22.5 Å². The molecule has 0 spiro atoms. The van der Waals surface area contributed by atoms with Crippen LogP contribution in [0.4, 0.5) is 22.0 Å². The molecule has 1 atom stereocenters. The van der Waals surface area contributed by atoms with E-state index in [0.29, 0.717) is 23.6 Å². The Bertz CT molecular complexity index is 1220. The summed E-state index contributed by atoms with van der Waals surface area (Å²) in [5, 5.41) is 8.05. The lowest BCUT2D eigenvalue weighted by Gasteiger charge is -2.36. The molecule has 10 nitrogen and oxygen atoms in total. The molecule has 1 unspecified atom stereocenters. The molecule has 2 aliphatic heterocycles. The second-order valence-electron chi connectivity index (χ2n) is 10.1. The van der Waals surface area contributed by atoms with Crippen LogP contribution in [0.5, 0.6) is 0 Å². The van der Waals surface area contributed by atoms with Crippen LogP contribution in [-0.4, -0.2) is 45.8 Å². The number of fused-ring (bicyclic) bond motifs is 1. The minimum Gasteiger partial charge on any atom is -0.444 e. The van der Waals surface area contributed by atoms with Gasteiger partial charge in [-0.05, 0) is 75.8 Å². The summed E-state index contributed by atoms with van der Waals surface area (Å²) in [4.78, 5) is 55.9. The van der Waals surface area contributed by atoms with Gasteiger partial charge in [0.1, 0.15) is 11.4 Å². The van der Waals surface area contributed by atoms with Gasteiger partial charge in [-0.3, -0.25) is 19.7 Å². The van der Waals surface area contributed by atoms with Crippen molar-refractivity contribution in [2.45, 2.75) is 65.0 Å². The number of carbonyl (C=O) groups is 4. The third kappa shape index (κ3) is 5.64. The average Bonchev–Trinajstić information content (AvgIpc) is 3.19. The summed E-state index contributed by atoms with van der Waals surface area (Å²) in [5.74, 6) is -1.18. The summed E-state index contributed by atoms with van der Waals surface area (Å²) in [6.45, 7) is 7.46. The molecule has 0 saturated carbocycles. The summed E-state index contributed by atoms with van der Waals surface area (Å²) in [5.41, 5.74) is 2.84. The SMILES string of the molecule is Cc1cc(NC(=O)C(=O)N2CCCCC2c2cccc3c2CC(=O)N3)cnc1NC(=O)OC(C)(C)C. The molecule has 4 rings (SSSR count). The van der Waals surface area contributed by atoms with Crippen molar-refractivity contribution in [3.05, 3.63) is 47.2 Å². The first-order valence-electron chi connectivity index (χ1n) is 12.0. The van der Waals surface area contributed by atoms with E-state index in [-0.39, 0.29) is 18.4 Å². The van der Waals surface area contributed by atoms with Crippen LogP contribution < -0.4 is 16.0 Å². The van der Waals surface area contributed by atoms with Crippen molar-refractivity contribution in [3.63, 3.8) is 0 Å². The molecular weight excluding hydrogens is 462 g/mol. The number of piperidine rings is 1. The molecule has 2 aromatic rings. The fourth-order valence-electron chi connectivity index (χ4n) is 4.57. The van der Waals surface area contributed by atoms with Crippen molar-refractivity contribution in [3.8, 4) is 0 Å². The van der Waals surface area contributed by atoms with Crippen LogP contribution >= 0.6 is 0 Å². The van der Waals surface area contributed by atoms with Gasteiger partial charge in [0.15, 0.2) is 0 Å². The lowest BCUT2D eigenvalue weighted by atomic mass is 9.90. The Kier molecular flexibility index (Phi) is 6.96. The minimum atomic E-state index is -0.766. The predicted molar refractivity (Wildman–Crippen MR) is 135 cm³/mol. The third-order valence-corrected chi connectivity index (χ3v) is 6.10. The van der Waals surface area contributed by atoms with Crippen LogP contribution in [0.25, 0.3) is 0 Å². The van der Waals surface area contributed by atoms with Crippen molar-refractivity contribution in [1.29, 1.82) is 0 Å². The maximum atomic E-state index is 13.2. The number of aryl methyl sites for hydroxylation is 1. The smallest absolute Gasteiger partial charge is 0.413 e. The highest BCUT2D eigenvalue weighted by molar-refractivity contribution is 6.39. The lowest BCUT2D eigenvalue weighted by molar-refractivity contribution is -0.145. The Morgan fingerprint density at radius 3 is 2.67 bits per heavy atom. The Labute approximate surface area is 209 Å². The van der Waals surface area contributed by atoms with E-state index in [9.17, 15) is 19.2 Å². The van der Waals surface area contributed by atoms with E-state index in [1.54, 1.807) is 38.7 Å². The molecule has 0 radical (unpaired) electrons. The maximum absolute atomic E-state index is 13.2. The number of hydrogen-bond acceptors (Lipinski definition) is 6. The maximum Gasteiger partial charge on any atom is 0.413 e. The molecule has 3 heterocycles. The zero-order chi connectivity index (χ0) is 26.0. The van der Waals surface area contributed by atoms with E-state index in [1.165, 1.54) is 6.20 Å². The molecule has 1 aromatic heterocycles. The van der Waals surface area contributed by atoms with Crippen LogP contribution in [-0.2, 0) is 25.5 Å². The number of nitrogens with zero attached hydrogens (tertiary/aromatic N) is 2. The van der Waals surface area contributed by atoms with E-state index in [4.69, 9.17) is 4.74 Å². The second kappa shape index (κ2) is 9.96. The summed E-state index contributed by atoms with van der Waals surface area (Å²) >= 11 is 0. The van der Waals surface area contributed by atoms with Crippen LogP contribution in [0.1, 0.15) is 62.8 Å². The predicted octanol–water partition coefficient (Wildman–Crippen LogP) is 3.92. The number of aromatic nitrogens is 1. The molecule has 1 aromatic carbocycles. The van der Waals surface area contributed by atoms with Crippen molar-refractivity contribution >= 4 is 41.0 Å². The molecule has 2 aliphatic rings. The molecule has 1 fully saturated rings. The summed E-state index contributed by atoms with van der Waals surface area (Å²) in [6, 6.07) is 6.98. The van der Waals surface area contributed by atoms with Crippen LogP contribution in [0, 0.1) is 6.92 Å². The van der Waals surface area contributed by atoms with E-state index >= 15 is 0 Å². The van der Waals surface area contributed by atoms with Crippen LogP contribution in [0.15, 0.2) is 30.5 Å². The minimum absolute atomic E-state index is 0.0728. The monoisotopic (exact) mass is 493 g/mol. The summed E-state index contributed by atoms with van der Waals surface area (Å²) < 4.78 is 5.24. The van der Waals surface area contributed by atoms with Crippen LogP contribution in [0.3, 0.4) is 0 Å². The number of hydrogen-bond donors (Lipinski definition) is 3. The fourth-order valence-corrected chi connectivity index (χ4v) is 4.57. The molecule has 10 heteroatoms.